The van der Waals surface area contributed by atoms with Crippen molar-refractivity contribution in [3.8, 4) is 11.5 Å². The molecule has 3 rings (SSSR count). The molecule has 1 atom stereocenters. The predicted molar refractivity (Wildman–Crippen MR) is 86.8 cm³/mol. The molecule has 0 unspecified atom stereocenters. The van der Waals surface area contributed by atoms with E-state index in [1.165, 1.54) is 5.56 Å². The van der Waals surface area contributed by atoms with Crippen molar-refractivity contribution in [2.24, 2.45) is 0 Å². The van der Waals surface area contributed by atoms with Gasteiger partial charge in [-0.1, -0.05) is 12.1 Å². The van der Waals surface area contributed by atoms with Crippen LogP contribution in [-0.4, -0.2) is 40.7 Å². The lowest BCUT2D eigenvalue weighted by Crippen LogP contribution is -2.38. The van der Waals surface area contributed by atoms with Gasteiger partial charge in [-0.3, -0.25) is 4.68 Å². The number of hydrogen-bond donors (Lipinski definition) is 2. The average molecular weight is 317 g/mol. The van der Waals surface area contributed by atoms with Crippen molar-refractivity contribution in [1.29, 1.82) is 0 Å². The van der Waals surface area contributed by atoms with Crippen molar-refractivity contribution in [2.45, 2.75) is 33.0 Å². The summed E-state index contributed by atoms with van der Waals surface area (Å²) in [5.41, 5.74) is 3.26. The Labute approximate surface area is 136 Å². The number of aliphatic hydroxyl groups is 1. The molecule has 6 nitrogen and oxygen atoms in total. The van der Waals surface area contributed by atoms with Gasteiger partial charge in [-0.05, 0) is 26.0 Å². The summed E-state index contributed by atoms with van der Waals surface area (Å²) in [7, 11) is 0. The van der Waals surface area contributed by atoms with Gasteiger partial charge in [-0.25, -0.2) is 0 Å². The molecule has 0 bridgehead atoms. The highest BCUT2D eigenvalue weighted by Crippen LogP contribution is 2.30. The van der Waals surface area contributed by atoms with E-state index in [-0.39, 0.29) is 12.7 Å². The third-order valence-electron chi connectivity index (χ3n) is 4.08. The second kappa shape index (κ2) is 7.02. The van der Waals surface area contributed by atoms with Crippen LogP contribution in [0.4, 0.5) is 0 Å². The molecule has 0 aliphatic carbocycles. The zero-order chi connectivity index (χ0) is 16.2. The molecule has 6 heteroatoms. The van der Waals surface area contributed by atoms with E-state index < -0.39 is 0 Å². The fraction of sp³-hybridized carbons (Fsp3) is 0.471. The summed E-state index contributed by atoms with van der Waals surface area (Å²) in [6.45, 7) is 6.64. The zero-order valence-corrected chi connectivity index (χ0v) is 13.6. The Morgan fingerprint density at radius 3 is 2.87 bits per heavy atom. The third-order valence-corrected chi connectivity index (χ3v) is 4.08. The van der Waals surface area contributed by atoms with Crippen LogP contribution in [0.25, 0.3) is 0 Å². The molecule has 1 aliphatic heterocycles. The number of para-hydroxylation sites is 2. The van der Waals surface area contributed by atoms with Gasteiger partial charge in [-0.2, -0.15) is 5.10 Å². The van der Waals surface area contributed by atoms with Gasteiger partial charge in [0.2, 0.25) is 0 Å². The van der Waals surface area contributed by atoms with Crippen molar-refractivity contribution in [3.05, 3.63) is 41.2 Å². The number of aromatic nitrogens is 2. The maximum Gasteiger partial charge on any atom is 0.161 e. The molecule has 23 heavy (non-hydrogen) atoms. The lowest BCUT2D eigenvalue weighted by Gasteiger charge is -2.26. The number of nitrogens with one attached hydrogen (secondary N) is 1. The number of benzene rings is 1. The number of aliphatic hydroxyl groups excluding tert-OH is 1. The maximum absolute atomic E-state index is 9.06. The smallest absolute Gasteiger partial charge is 0.161 e. The highest BCUT2D eigenvalue weighted by atomic mass is 16.6. The summed E-state index contributed by atoms with van der Waals surface area (Å²) in [5.74, 6) is 1.61. The summed E-state index contributed by atoms with van der Waals surface area (Å²) < 4.78 is 13.5. The molecule has 2 aromatic rings. The first-order valence-corrected chi connectivity index (χ1v) is 7.92. The minimum atomic E-state index is -0.00185. The Kier molecular flexibility index (Phi) is 4.83. The Bertz CT molecular complexity index is 669. The second-order valence-corrected chi connectivity index (χ2v) is 5.72. The minimum absolute atomic E-state index is 0.00185. The van der Waals surface area contributed by atoms with E-state index in [1.807, 2.05) is 42.8 Å². The standard InChI is InChI=1S/C17H23N3O3/c1-12-15(13(2)20(19-12)7-8-21)10-18-9-14-11-22-16-5-3-4-6-17(16)23-14/h3-6,14,18,21H,7-11H2,1-2H3/t14-/m1/s1. The molecule has 1 aliphatic rings. The van der Waals surface area contributed by atoms with E-state index in [4.69, 9.17) is 14.6 Å². The molecule has 0 spiro atoms. The highest BCUT2D eigenvalue weighted by Gasteiger charge is 2.20. The minimum Gasteiger partial charge on any atom is -0.486 e. The molecule has 2 heterocycles. The Morgan fingerprint density at radius 1 is 1.30 bits per heavy atom. The molecule has 1 aromatic heterocycles. The number of aryl methyl sites for hydroxylation is 1. The van der Waals surface area contributed by atoms with Crippen molar-refractivity contribution in [3.63, 3.8) is 0 Å². The normalized spacial score (nSPS) is 16.6. The monoisotopic (exact) mass is 317 g/mol. The second-order valence-electron chi connectivity index (χ2n) is 5.72. The van der Waals surface area contributed by atoms with Gasteiger partial charge >= 0.3 is 0 Å². The summed E-state index contributed by atoms with van der Waals surface area (Å²) in [6, 6.07) is 7.73. The molecule has 2 N–H and O–H groups in total. The Hall–Kier alpha value is -2.05. The van der Waals surface area contributed by atoms with Gasteiger partial charge in [0.15, 0.2) is 11.5 Å². The number of fused-ring (bicyclic) bond motifs is 1. The lowest BCUT2D eigenvalue weighted by molar-refractivity contribution is 0.0902. The van der Waals surface area contributed by atoms with E-state index in [2.05, 4.69) is 10.4 Å². The largest absolute Gasteiger partial charge is 0.486 e. The predicted octanol–water partition coefficient (Wildman–Crippen LogP) is 1.42. The van der Waals surface area contributed by atoms with Crippen molar-refractivity contribution in [1.82, 2.24) is 15.1 Å². The number of rotatable bonds is 6. The first kappa shape index (κ1) is 15.8. The van der Waals surface area contributed by atoms with Crippen molar-refractivity contribution >= 4 is 0 Å². The van der Waals surface area contributed by atoms with Gasteiger partial charge in [-0.15, -0.1) is 0 Å². The number of ether oxygens (including phenoxy) is 2. The Morgan fingerprint density at radius 2 is 2.09 bits per heavy atom. The molecule has 0 saturated heterocycles. The van der Waals surface area contributed by atoms with Crippen LogP contribution in [0.2, 0.25) is 0 Å². The molecule has 0 saturated carbocycles. The van der Waals surface area contributed by atoms with Gasteiger partial charge in [0, 0.05) is 24.3 Å². The van der Waals surface area contributed by atoms with Crippen molar-refractivity contribution < 1.29 is 14.6 Å². The molecule has 1 aromatic carbocycles. The maximum atomic E-state index is 9.06. The van der Waals surface area contributed by atoms with Crippen LogP contribution >= 0.6 is 0 Å². The molecule has 0 amide bonds. The SMILES string of the molecule is Cc1nn(CCO)c(C)c1CNC[C@@H]1COc2ccccc2O1. The van der Waals surface area contributed by atoms with Crippen LogP contribution in [0.3, 0.4) is 0 Å². The number of nitrogens with zero attached hydrogens (tertiary/aromatic N) is 2. The van der Waals surface area contributed by atoms with E-state index in [9.17, 15) is 0 Å². The fourth-order valence-electron chi connectivity index (χ4n) is 2.82. The molecule has 0 radical (unpaired) electrons. The highest BCUT2D eigenvalue weighted by molar-refractivity contribution is 5.40. The molecular formula is C17H23N3O3. The van der Waals surface area contributed by atoms with Gasteiger partial charge < -0.3 is 19.9 Å². The molecule has 124 valence electrons. The first-order valence-electron chi connectivity index (χ1n) is 7.92. The molecule has 0 fully saturated rings. The van der Waals surface area contributed by atoms with Crippen LogP contribution in [0.15, 0.2) is 24.3 Å². The van der Waals surface area contributed by atoms with E-state index >= 15 is 0 Å². The van der Waals surface area contributed by atoms with Gasteiger partial charge in [0.05, 0.1) is 18.8 Å². The van der Waals surface area contributed by atoms with Crippen LogP contribution in [-0.2, 0) is 13.1 Å². The van der Waals surface area contributed by atoms with Crippen molar-refractivity contribution in [2.75, 3.05) is 19.8 Å². The average Bonchev–Trinajstić information content (AvgIpc) is 2.82. The lowest BCUT2D eigenvalue weighted by atomic mass is 10.2. The summed E-state index contributed by atoms with van der Waals surface area (Å²) in [4.78, 5) is 0. The van der Waals surface area contributed by atoms with Crippen LogP contribution in [0.5, 0.6) is 11.5 Å². The van der Waals surface area contributed by atoms with Crippen LogP contribution in [0, 0.1) is 13.8 Å². The first-order chi connectivity index (χ1) is 11.2. The van der Waals surface area contributed by atoms with E-state index in [1.54, 1.807) is 0 Å². The van der Waals surface area contributed by atoms with Crippen LogP contribution in [0.1, 0.15) is 17.0 Å². The van der Waals surface area contributed by atoms with Crippen LogP contribution < -0.4 is 14.8 Å². The Balaban J connectivity index is 1.55. The van der Waals surface area contributed by atoms with Gasteiger partial charge in [0.1, 0.15) is 12.7 Å². The molecular weight excluding hydrogens is 294 g/mol. The van der Waals surface area contributed by atoms with E-state index in [0.29, 0.717) is 19.7 Å². The topological polar surface area (TPSA) is 68.5 Å². The fourth-order valence-corrected chi connectivity index (χ4v) is 2.82. The summed E-state index contributed by atoms with van der Waals surface area (Å²) in [6.07, 6.45) is -0.00185. The number of hydrogen-bond acceptors (Lipinski definition) is 5. The summed E-state index contributed by atoms with van der Waals surface area (Å²) in [5, 5.41) is 16.9. The quantitative estimate of drug-likeness (QED) is 0.843. The zero-order valence-electron chi connectivity index (χ0n) is 13.6. The van der Waals surface area contributed by atoms with E-state index in [0.717, 1.165) is 29.4 Å². The summed E-state index contributed by atoms with van der Waals surface area (Å²) >= 11 is 0. The third kappa shape index (κ3) is 3.48. The van der Waals surface area contributed by atoms with Gasteiger partial charge in [0.25, 0.3) is 0 Å².